The van der Waals surface area contributed by atoms with Gasteiger partial charge in [-0.05, 0) is 44.0 Å². The average Bonchev–Trinajstić information content (AvgIpc) is 3.22. The molecule has 1 aliphatic rings. The maximum absolute atomic E-state index is 12.4. The number of ether oxygens (including phenoxy) is 2. The number of carbonyl (C=O) groups is 1. The molecule has 2 aromatic rings. The molecule has 0 saturated carbocycles. The zero-order valence-corrected chi connectivity index (χ0v) is 14.1. The topological polar surface area (TPSA) is 60.5 Å². The van der Waals surface area contributed by atoms with Gasteiger partial charge >= 0.3 is 0 Å². The summed E-state index contributed by atoms with van der Waals surface area (Å²) in [4.78, 5) is 17.5. The smallest absolute Gasteiger partial charge is 0.263 e. The highest BCUT2D eigenvalue weighted by Gasteiger charge is 2.20. The highest BCUT2D eigenvalue weighted by Crippen LogP contribution is 2.29. The third-order valence-electron chi connectivity index (χ3n) is 3.85. The Kier molecular flexibility index (Phi) is 4.93. The Bertz CT molecular complexity index is 676. The lowest BCUT2D eigenvalue weighted by molar-refractivity contribution is 0.0860. The molecule has 1 saturated heterocycles. The minimum absolute atomic E-state index is 0.0738. The molecule has 1 aromatic heterocycles. The van der Waals surface area contributed by atoms with Gasteiger partial charge in [-0.3, -0.25) is 4.79 Å². The molecule has 0 aliphatic carbocycles. The number of rotatable bonds is 5. The fraction of sp³-hybridized carbons (Fsp3) is 0.412. The van der Waals surface area contributed by atoms with Gasteiger partial charge in [0.25, 0.3) is 5.91 Å². The van der Waals surface area contributed by atoms with Crippen LogP contribution in [0.2, 0.25) is 0 Å². The lowest BCUT2D eigenvalue weighted by Crippen LogP contribution is -2.31. The molecule has 1 amide bonds. The normalized spacial score (nSPS) is 17.2. The number of hydrogen-bond donors (Lipinski definition) is 1. The number of nitrogens with zero attached hydrogens (tertiary/aromatic N) is 1. The second kappa shape index (κ2) is 7.10. The minimum Gasteiger partial charge on any atom is -0.497 e. The number of amides is 1. The van der Waals surface area contributed by atoms with E-state index >= 15 is 0 Å². The van der Waals surface area contributed by atoms with Crippen molar-refractivity contribution < 1.29 is 14.3 Å². The van der Waals surface area contributed by atoms with Crippen LogP contribution in [-0.4, -0.2) is 37.3 Å². The Morgan fingerprint density at radius 3 is 2.87 bits per heavy atom. The van der Waals surface area contributed by atoms with Gasteiger partial charge in [-0.1, -0.05) is 0 Å². The first kappa shape index (κ1) is 16.0. The van der Waals surface area contributed by atoms with E-state index in [0.717, 1.165) is 41.5 Å². The molecular formula is C17H20N2O3S. The van der Waals surface area contributed by atoms with Gasteiger partial charge in [-0.25, -0.2) is 4.98 Å². The summed E-state index contributed by atoms with van der Waals surface area (Å²) in [5, 5.41) is 3.79. The Morgan fingerprint density at radius 2 is 2.22 bits per heavy atom. The summed E-state index contributed by atoms with van der Waals surface area (Å²) < 4.78 is 10.7. The molecule has 3 rings (SSSR count). The maximum Gasteiger partial charge on any atom is 0.263 e. The highest BCUT2D eigenvalue weighted by atomic mass is 32.1. The quantitative estimate of drug-likeness (QED) is 0.914. The van der Waals surface area contributed by atoms with Gasteiger partial charge in [0.15, 0.2) is 0 Å². The van der Waals surface area contributed by atoms with Crippen LogP contribution in [0.15, 0.2) is 24.3 Å². The molecule has 0 unspecified atom stereocenters. The SMILES string of the molecule is COc1ccc(-c2nc(C)c(C(=O)NC[C@@H]3CCCO3)s2)cc1. The second-order valence-electron chi connectivity index (χ2n) is 5.51. The number of aromatic nitrogens is 1. The van der Waals surface area contributed by atoms with Gasteiger partial charge in [0, 0.05) is 18.7 Å². The van der Waals surface area contributed by atoms with Crippen LogP contribution < -0.4 is 10.1 Å². The lowest BCUT2D eigenvalue weighted by Gasteiger charge is -2.09. The van der Waals surface area contributed by atoms with Crippen LogP contribution in [0.5, 0.6) is 5.75 Å². The van der Waals surface area contributed by atoms with Gasteiger partial charge in [0.1, 0.15) is 15.6 Å². The van der Waals surface area contributed by atoms with Crippen molar-refractivity contribution in [2.75, 3.05) is 20.3 Å². The van der Waals surface area contributed by atoms with E-state index in [-0.39, 0.29) is 12.0 Å². The van der Waals surface area contributed by atoms with Crippen LogP contribution in [0.25, 0.3) is 10.6 Å². The van der Waals surface area contributed by atoms with Gasteiger partial charge < -0.3 is 14.8 Å². The van der Waals surface area contributed by atoms with Gasteiger partial charge in [-0.15, -0.1) is 11.3 Å². The van der Waals surface area contributed by atoms with Crippen LogP contribution in [0, 0.1) is 6.92 Å². The molecule has 1 aliphatic heterocycles. The molecule has 0 bridgehead atoms. The third kappa shape index (κ3) is 3.71. The van der Waals surface area contributed by atoms with Crippen molar-refractivity contribution in [1.29, 1.82) is 0 Å². The largest absolute Gasteiger partial charge is 0.497 e. The molecule has 1 fully saturated rings. The Balaban J connectivity index is 1.70. The average molecular weight is 332 g/mol. The molecule has 0 spiro atoms. The summed E-state index contributed by atoms with van der Waals surface area (Å²) in [5.41, 5.74) is 1.74. The second-order valence-corrected chi connectivity index (χ2v) is 6.51. The fourth-order valence-corrected chi connectivity index (χ4v) is 3.54. The predicted octanol–water partition coefficient (Wildman–Crippen LogP) is 3.04. The monoisotopic (exact) mass is 332 g/mol. The van der Waals surface area contributed by atoms with Crippen LogP contribution in [-0.2, 0) is 4.74 Å². The van der Waals surface area contributed by atoms with E-state index in [1.807, 2.05) is 31.2 Å². The van der Waals surface area contributed by atoms with Crippen molar-refractivity contribution in [3.63, 3.8) is 0 Å². The Hall–Kier alpha value is -1.92. The standard InChI is InChI=1S/C17H20N2O3S/c1-11-15(16(20)18-10-14-4-3-9-22-14)23-17(19-11)12-5-7-13(21-2)8-6-12/h5-8,14H,3-4,9-10H2,1-2H3,(H,18,20)/t14-/m0/s1. The molecule has 1 N–H and O–H groups in total. The summed E-state index contributed by atoms with van der Waals surface area (Å²) in [7, 11) is 1.64. The van der Waals surface area contributed by atoms with Crippen LogP contribution in [0.1, 0.15) is 28.2 Å². The molecule has 0 radical (unpaired) electrons. The van der Waals surface area contributed by atoms with Crippen molar-refractivity contribution in [1.82, 2.24) is 10.3 Å². The van der Waals surface area contributed by atoms with E-state index in [0.29, 0.717) is 11.4 Å². The number of thiazole rings is 1. The molecule has 122 valence electrons. The third-order valence-corrected chi connectivity index (χ3v) is 5.06. The van der Waals surface area contributed by atoms with Crippen molar-refractivity contribution >= 4 is 17.2 Å². The van der Waals surface area contributed by atoms with E-state index < -0.39 is 0 Å². The van der Waals surface area contributed by atoms with Crippen molar-refractivity contribution in [3.8, 4) is 16.3 Å². The lowest BCUT2D eigenvalue weighted by atomic mass is 10.2. The van der Waals surface area contributed by atoms with Gasteiger partial charge in [0.2, 0.25) is 0 Å². The van der Waals surface area contributed by atoms with Crippen LogP contribution in [0.4, 0.5) is 0 Å². The minimum atomic E-state index is -0.0738. The fourth-order valence-electron chi connectivity index (χ4n) is 2.56. The molecule has 23 heavy (non-hydrogen) atoms. The number of nitrogens with one attached hydrogen (secondary N) is 1. The number of hydrogen-bond acceptors (Lipinski definition) is 5. The van der Waals surface area contributed by atoms with Crippen LogP contribution in [0.3, 0.4) is 0 Å². The first-order chi connectivity index (χ1) is 11.2. The summed E-state index contributed by atoms with van der Waals surface area (Å²) in [6.45, 7) is 3.22. The Morgan fingerprint density at radius 1 is 1.43 bits per heavy atom. The van der Waals surface area contributed by atoms with Crippen molar-refractivity contribution in [3.05, 3.63) is 34.8 Å². The highest BCUT2D eigenvalue weighted by molar-refractivity contribution is 7.17. The predicted molar refractivity (Wildman–Crippen MR) is 90.1 cm³/mol. The number of benzene rings is 1. The van der Waals surface area contributed by atoms with Crippen molar-refractivity contribution in [2.45, 2.75) is 25.9 Å². The van der Waals surface area contributed by atoms with Gasteiger partial charge in [0.05, 0.1) is 18.9 Å². The summed E-state index contributed by atoms with van der Waals surface area (Å²) in [5.74, 6) is 0.729. The van der Waals surface area contributed by atoms with E-state index in [1.54, 1.807) is 7.11 Å². The summed E-state index contributed by atoms with van der Waals surface area (Å²) in [6.07, 6.45) is 2.23. The molecular weight excluding hydrogens is 312 g/mol. The van der Waals surface area contributed by atoms with E-state index in [9.17, 15) is 4.79 Å². The van der Waals surface area contributed by atoms with E-state index in [4.69, 9.17) is 9.47 Å². The zero-order valence-electron chi connectivity index (χ0n) is 13.3. The molecule has 1 atom stereocenters. The van der Waals surface area contributed by atoms with Crippen LogP contribution >= 0.6 is 11.3 Å². The van der Waals surface area contributed by atoms with Gasteiger partial charge in [-0.2, -0.15) is 0 Å². The molecule has 2 heterocycles. The van der Waals surface area contributed by atoms with E-state index in [2.05, 4.69) is 10.3 Å². The summed E-state index contributed by atoms with van der Waals surface area (Å²) in [6, 6.07) is 7.68. The molecule has 6 heteroatoms. The number of methoxy groups -OCH3 is 1. The first-order valence-corrected chi connectivity index (χ1v) is 8.50. The first-order valence-electron chi connectivity index (χ1n) is 7.69. The summed E-state index contributed by atoms with van der Waals surface area (Å²) >= 11 is 1.41. The van der Waals surface area contributed by atoms with E-state index in [1.165, 1.54) is 11.3 Å². The molecule has 5 nitrogen and oxygen atoms in total. The number of aryl methyl sites for hydroxylation is 1. The Labute approximate surface area is 139 Å². The number of carbonyl (C=O) groups excluding carboxylic acids is 1. The van der Waals surface area contributed by atoms with Crippen molar-refractivity contribution in [2.24, 2.45) is 0 Å². The molecule has 1 aromatic carbocycles. The zero-order chi connectivity index (χ0) is 16.2. The maximum atomic E-state index is 12.4.